The highest BCUT2D eigenvalue weighted by molar-refractivity contribution is 5.83. The summed E-state index contributed by atoms with van der Waals surface area (Å²) in [5, 5.41) is 2.67. The minimum atomic E-state index is -0.425. The molecule has 0 unspecified atom stereocenters. The predicted octanol–water partition coefficient (Wildman–Crippen LogP) is 2.66. The number of hydrogen-bond acceptors (Lipinski definition) is 3. The van der Waals surface area contributed by atoms with Gasteiger partial charge in [0, 0.05) is 6.04 Å². The first kappa shape index (κ1) is 14.0. The van der Waals surface area contributed by atoms with E-state index in [-0.39, 0.29) is 18.4 Å². The fourth-order valence-corrected chi connectivity index (χ4v) is 2.31. The Hall–Kier alpha value is -1.06. The second-order valence-electron chi connectivity index (χ2n) is 5.27. The van der Waals surface area contributed by atoms with Crippen molar-refractivity contribution in [2.24, 2.45) is 5.41 Å². The number of carbonyl (C=O) groups is 2. The van der Waals surface area contributed by atoms with E-state index >= 15 is 0 Å². The van der Waals surface area contributed by atoms with Crippen molar-refractivity contribution in [3.05, 3.63) is 0 Å². The zero-order valence-corrected chi connectivity index (χ0v) is 11.0. The summed E-state index contributed by atoms with van der Waals surface area (Å²) in [4.78, 5) is 23.2. The van der Waals surface area contributed by atoms with Gasteiger partial charge in [0.15, 0.2) is 0 Å². The van der Waals surface area contributed by atoms with Gasteiger partial charge in [-0.15, -0.1) is 0 Å². The number of ketones is 1. The van der Waals surface area contributed by atoms with Gasteiger partial charge in [0.1, 0.15) is 12.4 Å². The lowest BCUT2D eigenvalue weighted by Gasteiger charge is -2.34. The molecular formula is C13H23NO3. The normalized spacial score (nSPS) is 18.8. The average molecular weight is 241 g/mol. The van der Waals surface area contributed by atoms with Crippen molar-refractivity contribution in [3.63, 3.8) is 0 Å². The van der Waals surface area contributed by atoms with Gasteiger partial charge in [0.25, 0.3) is 0 Å². The SMILES string of the molecule is CC(=O)C1(COC(=O)NC(C)C)CCCCC1. The van der Waals surface area contributed by atoms with Crippen LogP contribution < -0.4 is 5.32 Å². The third kappa shape index (κ3) is 4.02. The number of hydrogen-bond donors (Lipinski definition) is 1. The molecule has 98 valence electrons. The number of carbonyl (C=O) groups excluding carboxylic acids is 2. The standard InChI is InChI=1S/C13H23NO3/c1-10(2)14-12(16)17-9-13(11(3)15)7-5-4-6-8-13/h10H,4-9H2,1-3H3,(H,14,16). The molecule has 0 aromatic carbocycles. The molecule has 1 N–H and O–H groups in total. The Morgan fingerprint density at radius 3 is 2.29 bits per heavy atom. The highest BCUT2D eigenvalue weighted by atomic mass is 16.5. The minimum absolute atomic E-state index is 0.0575. The third-order valence-electron chi connectivity index (χ3n) is 3.44. The maximum Gasteiger partial charge on any atom is 0.407 e. The van der Waals surface area contributed by atoms with Crippen LogP contribution in [0.5, 0.6) is 0 Å². The summed E-state index contributed by atoms with van der Waals surface area (Å²) in [5.74, 6) is 0.148. The maximum absolute atomic E-state index is 11.7. The summed E-state index contributed by atoms with van der Waals surface area (Å²) in [5.41, 5.74) is -0.424. The molecule has 0 atom stereocenters. The van der Waals surface area contributed by atoms with E-state index in [9.17, 15) is 9.59 Å². The molecule has 1 rings (SSSR count). The molecule has 0 spiro atoms. The first-order chi connectivity index (χ1) is 7.96. The van der Waals surface area contributed by atoms with Gasteiger partial charge in [-0.05, 0) is 33.6 Å². The van der Waals surface area contributed by atoms with E-state index in [0.29, 0.717) is 0 Å². The van der Waals surface area contributed by atoms with Crippen LogP contribution in [0.3, 0.4) is 0 Å². The van der Waals surface area contributed by atoms with Crippen molar-refractivity contribution in [1.82, 2.24) is 5.32 Å². The van der Waals surface area contributed by atoms with Gasteiger partial charge < -0.3 is 10.1 Å². The lowest BCUT2D eigenvalue weighted by molar-refractivity contribution is -0.131. The smallest absolute Gasteiger partial charge is 0.407 e. The number of ether oxygens (including phenoxy) is 1. The second kappa shape index (κ2) is 6.03. The second-order valence-corrected chi connectivity index (χ2v) is 5.27. The van der Waals surface area contributed by atoms with Crippen LogP contribution in [-0.2, 0) is 9.53 Å². The van der Waals surface area contributed by atoms with E-state index in [1.54, 1.807) is 6.92 Å². The molecule has 1 amide bonds. The average Bonchev–Trinajstić information content (AvgIpc) is 2.26. The molecule has 0 heterocycles. The van der Waals surface area contributed by atoms with Crippen molar-refractivity contribution in [1.29, 1.82) is 0 Å². The van der Waals surface area contributed by atoms with Crippen molar-refractivity contribution in [2.75, 3.05) is 6.61 Å². The Bertz CT molecular complexity index is 280. The number of amides is 1. The van der Waals surface area contributed by atoms with Crippen molar-refractivity contribution in [3.8, 4) is 0 Å². The van der Waals surface area contributed by atoms with Crippen LogP contribution >= 0.6 is 0 Å². The molecule has 0 aromatic rings. The van der Waals surface area contributed by atoms with Gasteiger partial charge in [-0.1, -0.05) is 19.3 Å². The molecule has 0 aromatic heterocycles. The van der Waals surface area contributed by atoms with E-state index in [4.69, 9.17) is 4.74 Å². The van der Waals surface area contributed by atoms with Crippen LogP contribution in [0.4, 0.5) is 4.79 Å². The number of alkyl carbamates (subject to hydrolysis) is 1. The Morgan fingerprint density at radius 2 is 1.82 bits per heavy atom. The summed E-state index contributed by atoms with van der Waals surface area (Å²) >= 11 is 0. The van der Waals surface area contributed by atoms with Crippen LogP contribution in [-0.4, -0.2) is 24.5 Å². The molecule has 1 aliphatic carbocycles. The summed E-state index contributed by atoms with van der Waals surface area (Å²) < 4.78 is 5.19. The van der Waals surface area contributed by atoms with Crippen molar-refractivity contribution < 1.29 is 14.3 Å². The van der Waals surface area contributed by atoms with Gasteiger partial charge in [-0.25, -0.2) is 4.79 Å². The highest BCUT2D eigenvalue weighted by Crippen LogP contribution is 2.37. The molecule has 0 aliphatic heterocycles. The Kier molecular flexibility index (Phi) is 4.97. The van der Waals surface area contributed by atoms with Gasteiger partial charge in [-0.3, -0.25) is 4.79 Å². The number of rotatable bonds is 4. The lowest BCUT2D eigenvalue weighted by Crippen LogP contribution is -2.40. The lowest BCUT2D eigenvalue weighted by atomic mass is 9.72. The van der Waals surface area contributed by atoms with Crippen molar-refractivity contribution in [2.45, 2.75) is 58.9 Å². The Balaban J connectivity index is 2.50. The molecule has 0 bridgehead atoms. The molecule has 1 saturated carbocycles. The van der Waals surface area contributed by atoms with E-state index in [0.717, 1.165) is 25.7 Å². The Labute approximate surface area is 103 Å². The van der Waals surface area contributed by atoms with Gasteiger partial charge in [-0.2, -0.15) is 0 Å². The predicted molar refractivity (Wildman–Crippen MR) is 65.8 cm³/mol. The monoisotopic (exact) mass is 241 g/mol. The number of Topliss-reactive ketones (excluding diaryl/α,β-unsaturated/α-hetero) is 1. The van der Waals surface area contributed by atoms with E-state index in [1.165, 1.54) is 6.42 Å². The zero-order chi connectivity index (χ0) is 12.9. The van der Waals surface area contributed by atoms with Crippen LogP contribution in [0.1, 0.15) is 52.9 Å². The first-order valence-electron chi connectivity index (χ1n) is 6.41. The van der Waals surface area contributed by atoms with E-state index in [2.05, 4.69) is 5.32 Å². The topological polar surface area (TPSA) is 55.4 Å². The minimum Gasteiger partial charge on any atom is -0.448 e. The molecule has 0 radical (unpaired) electrons. The largest absolute Gasteiger partial charge is 0.448 e. The molecule has 17 heavy (non-hydrogen) atoms. The fraction of sp³-hybridized carbons (Fsp3) is 0.846. The molecule has 0 saturated heterocycles. The van der Waals surface area contributed by atoms with Gasteiger partial charge >= 0.3 is 6.09 Å². The summed E-state index contributed by atoms with van der Waals surface area (Å²) in [6, 6.07) is 0.0575. The summed E-state index contributed by atoms with van der Waals surface area (Å²) in [6.07, 6.45) is 4.54. The number of nitrogens with one attached hydrogen (secondary N) is 1. The summed E-state index contributed by atoms with van der Waals surface area (Å²) in [6.45, 7) is 5.58. The Morgan fingerprint density at radius 1 is 1.24 bits per heavy atom. The van der Waals surface area contributed by atoms with Crippen LogP contribution in [0.25, 0.3) is 0 Å². The molecule has 4 heteroatoms. The van der Waals surface area contributed by atoms with Crippen molar-refractivity contribution >= 4 is 11.9 Å². The zero-order valence-electron chi connectivity index (χ0n) is 11.0. The summed E-state index contributed by atoms with van der Waals surface area (Å²) in [7, 11) is 0. The van der Waals surface area contributed by atoms with Crippen LogP contribution in [0, 0.1) is 5.41 Å². The highest BCUT2D eigenvalue weighted by Gasteiger charge is 2.38. The quantitative estimate of drug-likeness (QED) is 0.823. The van der Waals surface area contributed by atoms with Crippen LogP contribution in [0.2, 0.25) is 0 Å². The molecule has 4 nitrogen and oxygen atoms in total. The van der Waals surface area contributed by atoms with Gasteiger partial charge in [0.2, 0.25) is 0 Å². The molecule has 1 fully saturated rings. The fourth-order valence-electron chi connectivity index (χ4n) is 2.31. The first-order valence-corrected chi connectivity index (χ1v) is 6.41. The maximum atomic E-state index is 11.7. The van der Waals surface area contributed by atoms with E-state index < -0.39 is 11.5 Å². The molecular weight excluding hydrogens is 218 g/mol. The van der Waals surface area contributed by atoms with Gasteiger partial charge in [0.05, 0.1) is 5.41 Å². The van der Waals surface area contributed by atoms with Crippen LogP contribution in [0.15, 0.2) is 0 Å². The van der Waals surface area contributed by atoms with E-state index in [1.807, 2.05) is 13.8 Å². The molecule has 1 aliphatic rings. The third-order valence-corrected chi connectivity index (χ3v) is 3.44.